The predicted molar refractivity (Wildman–Crippen MR) is 63.5 cm³/mol. The first-order chi connectivity index (χ1) is 8.46. The number of hydrogen-bond donors (Lipinski definition) is 2. The van der Waals surface area contributed by atoms with Crippen LogP contribution in [-0.2, 0) is 17.1 Å². The van der Waals surface area contributed by atoms with Gasteiger partial charge in [-0.15, -0.1) is 0 Å². The molecular weight excluding hydrogens is 258 g/mol. The highest BCUT2D eigenvalue weighted by Gasteiger charge is 2.38. The molecule has 1 saturated heterocycles. The summed E-state index contributed by atoms with van der Waals surface area (Å²) in [6, 6.07) is -0.583. The van der Waals surface area contributed by atoms with E-state index in [0.29, 0.717) is 19.4 Å². The Labute approximate surface area is 105 Å². The lowest BCUT2D eigenvalue weighted by atomic mass is 10.2. The van der Waals surface area contributed by atoms with Gasteiger partial charge in [0.2, 0.25) is 10.0 Å². The van der Waals surface area contributed by atoms with Gasteiger partial charge in [-0.25, -0.2) is 8.42 Å². The number of hydrogen-bond acceptors (Lipinski definition) is 5. The topological polar surface area (TPSA) is 114 Å². The predicted octanol–water partition coefficient (Wildman–Crippen LogP) is -0.680. The van der Waals surface area contributed by atoms with E-state index in [2.05, 4.69) is 10.3 Å². The summed E-state index contributed by atoms with van der Waals surface area (Å²) in [7, 11) is -2.00. The summed E-state index contributed by atoms with van der Waals surface area (Å²) < 4.78 is 27.4. The van der Waals surface area contributed by atoms with Gasteiger partial charge in [-0.1, -0.05) is 5.16 Å². The van der Waals surface area contributed by atoms with Crippen LogP contribution in [0.4, 0.5) is 0 Å². The quantitative estimate of drug-likeness (QED) is 0.328. The summed E-state index contributed by atoms with van der Waals surface area (Å²) in [6.45, 7) is 0.359. The van der Waals surface area contributed by atoms with Gasteiger partial charge >= 0.3 is 0 Å². The van der Waals surface area contributed by atoms with Crippen molar-refractivity contribution in [2.24, 2.45) is 17.9 Å². The molecule has 1 aromatic heterocycles. The minimum absolute atomic E-state index is 0.0834. The molecule has 1 unspecified atom stereocenters. The Bertz CT molecular complexity index is 565. The fourth-order valence-corrected chi connectivity index (χ4v) is 3.71. The Morgan fingerprint density at radius 1 is 1.67 bits per heavy atom. The van der Waals surface area contributed by atoms with E-state index in [4.69, 9.17) is 10.9 Å². The molecule has 1 aromatic rings. The van der Waals surface area contributed by atoms with E-state index in [0.717, 1.165) is 0 Å². The first-order valence-electron chi connectivity index (χ1n) is 5.44. The highest BCUT2D eigenvalue weighted by Crippen LogP contribution is 2.25. The fraction of sp³-hybridized carbons (Fsp3) is 0.556. The molecule has 0 amide bonds. The molecule has 2 heterocycles. The minimum Gasteiger partial charge on any atom is -0.409 e. The number of sulfonamides is 1. The Hall–Kier alpha value is -1.61. The lowest BCUT2D eigenvalue weighted by molar-refractivity contribution is 0.311. The summed E-state index contributed by atoms with van der Waals surface area (Å²) in [5.74, 6) is -0.0834. The second-order valence-electron chi connectivity index (χ2n) is 4.15. The number of oxime groups is 1. The van der Waals surface area contributed by atoms with E-state index in [9.17, 15) is 8.42 Å². The molecule has 1 aliphatic heterocycles. The van der Waals surface area contributed by atoms with Gasteiger partial charge in [-0.3, -0.25) is 4.68 Å². The largest absolute Gasteiger partial charge is 0.409 e. The van der Waals surface area contributed by atoms with Crippen molar-refractivity contribution in [2.75, 3.05) is 6.54 Å². The van der Waals surface area contributed by atoms with Crippen LogP contribution in [0.15, 0.2) is 22.4 Å². The molecule has 9 heteroatoms. The molecule has 0 saturated carbocycles. The molecule has 0 spiro atoms. The zero-order valence-corrected chi connectivity index (χ0v) is 10.7. The average Bonchev–Trinajstić information content (AvgIpc) is 2.96. The van der Waals surface area contributed by atoms with Gasteiger partial charge in [0.15, 0.2) is 5.84 Å². The van der Waals surface area contributed by atoms with Crippen LogP contribution in [0, 0.1) is 0 Å². The lowest BCUT2D eigenvalue weighted by Crippen LogP contribution is -2.43. The molecule has 18 heavy (non-hydrogen) atoms. The van der Waals surface area contributed by atoms with Crippen molar-refractivity contribution in [1.29, 1.82) is 0 Å². The van der Waals surface area contributed by atoms with Gasteiger partial charge in [0.25, 0.3) is 0 Å². The van der Waals surface area contributed by atoms with Crippen molar-refractivity contribution in [1.82, 2.24) is 14.1 Å². The van der Waals surface area contributed by atoms with Crippen molar-refractivity contribution >= 4 is 15.9 Å². The van der Waals surface area contributed by atoms with Crippen LogP contribution in [0.25, 0.3) is 0 Å². The van der Waals surface area contributed by atoms with Gasteiger partial charge in [0.05, 0.1) is 12.2 Å². The summed E-state index contributed by atoms with van der Waals surface area (Å²) in [4.78, 5) is 0.114. The Balaban J connectivity index is 2.35. The lowest BCUT2D eigenvalue weighted by Gasteiger charge is -2.21. The molecule has 8 nitrogen and oxygen atoms in total. The fourth-order valence-electron chi connectivity index (χ4n) is 2.06. The van der Waals surface area contributed by atoms with Crippen LogP contribution in [0.3, 0.4) is 0 Å². The van der Waals surface area contributed by atoms with Crippen LogP contribution in [0.5, 0.6) is 0 Å². The van der Waals surface area contributed by atoms with E-state index in [-0.39, 0.29) is 10.7 Å². The number of aryl methyl sites for hydroxylation is 1. The summed E-state index contributed by atoms with van der Waals surface area (Å²) in [6.07, 6.45) is 3.95. The zero-order valence-electron chi connectivity index (χ0n) is 9.89. The molecule has 0 radical (unpaired) electrons. The Kier molecular flexibility index (Phi) is 3.26. The van der Waals surface area contributed by atoms with Crippen LogP contribution in [0.1, 0.15) is 12.8 Å². The number of nitrogens with zero attached hydrogens (tertiary/aromatic N) is 4. The third kappa shape index (κ3) is 2.06. The second kappa shape index (κ2) is 4.58. The van der Waals surface area contributed by atoms with Crippen molar-refractivity contribution in [3.05, 3.63) is 12.4 Å². The molecule has 1 fully saturated rings. The van der Waals surface area contributed by atoms with Crippen molar-refractivity contribution < 1.29 is 13.6 Å². The van der Waals surface area contributed by atoms with Crippen molar-refractivity contribution in [3.8, 4) is 0 Å². The minimum atomic E-state index is -3.64. The SMILES string of the molecule is Cn1cc(S(=O)(=O)N2CCCC2C(N)=NO)cn1. The standard InChI is InChI=1S/C9H15N5O3S/c1-13-6-7(5-11-13)18(16,17)14-4-2-3-8(14)9(10)12-15/h5-6,8,15H,2-4H2,1H3,(H2,10,12). The van der Waals surface area contributed by atoms with Crippen molar-refractivity contribution in [3.63, 3.8) is 0 Å². The average molecular weight is 273 g/mol. The molecule has 0 bridgehead atoms. The maximum absolute atomic E-state index is 12.4. The van der Waals surface area contributed by atoms with Crippen molar-refractivity contribution in [2.45, 2.75) is 23.8 Å². The highest BCUT2D eigenvalue weighted by atomic mass is 32.2. The van der Waals surface area contributed by atoms with Gasteiger partial charge in [0.1, 0.15) is 4.90 Å². The monoisotopic (exact) mass is 273 g/mol. The van der Waals surface area contributed by atoms with Gasteiger partial charge in [-0.2, -0.15) is 9.40 Å². The van der Waals surface area contributed by atoms with Crippen LogP contribution in [0.2, 0.25) is 0 Å². The van der Waals surface area contributed by atoms with E-state index in [1.165, 1.54) is 21.4 Å². The molecule has 2 rings (SSSR count). The number of amidine groups is 1. The zero-order chi connectivity index (χ0) is 13.3. The first-order valence-corrected chi connectivity index (χ1v) is 6.88. The highest BCUT2D eigenvalue weighted by molar-refractivity contribution is 7.89. The molecule has 3 N–H and O–H groups in total. The summed E-state index contributed by atoms with van der Waals surface area (Å²) >= 11 is 0. The third-order valence-corrected chi connectivity index (χ3v) is 4.81. The molecular formula is C9H15N5O3S. The number of aromatic nitrogens is 2. The van der Waals surface area contributed by atoms with E-state index >= 15 is 0 Å². The Morgan fingerprint density at radius 2 is 2.39 bits per heavy atom. The summed E-state index contributed by atoms with van der Waals surface area (Å²) in [5, 5.41) is 15.4. The van der Waals surface area contributed by atoms with E-state index < -0.39 is 16.1 Å². The van der Waals surface area contributed by atoms with Crippen LogP contribution < -0.4 is 5.73 Å². The second-order valence-corrected chi connectivity index (χ2v) is 6.04. The first kappa shape index (κ1) is 12.8. The molecule has 1 aliphatic rings. The number of nitrogens with two attached hydrogens (primary N) is 1. The smallest absolute Gasteiger partial charge is 0.246 e. The Morgan fingerprint density at radius 3 is 2.94 bits per heavy atom. The van der Waals surface area contributed by atoms with Gasteiger partial charge in [0, 0.05) is 19.8 Å². The van der Waals surface area contributed by atoms with Crippen LogP contribution in [-0.4, -0.2) is 46.1 Å². The van der Waals surface area contributed by atoms with Crippen LogP contribution >= 0.6 is 0 Å². The van der Waals surface area contributed by atoms with E-state index in [1.54, 1.807) is 7.05 Å². The molecule has 1 atom stereocenters. The maximum Gasteiger partial charge on any atom is 0.246 e. The molecule has 100 valence electrons. The van der Waals surface area contributed by atoms with E-state index in [1.807, 2.05) is 0 Å². The maximum atomic E-state index is 12.4. The van der Waals surface area contributed by atoms with Gasteiger partial charge in [-0.05, 0) is 12.8 Å². The summed E-state index contributed by atoms with van der Waals surface area (Å²) in [5.41, 5.74) is 5.52. The molecule has 0 aromatic carbocycles. The van der Waals surface area contributed by atoms with Gasteiger partial charge < -0.3 is 10.9 Å². The molecule has 0 aliphatic carbocycles. The normalized spacial score (nSPS) is 22.5. The number of rotatable bonds is 3. The third-order valence-electron chi connectivity index (χ3n) is 2.95.